The van der Waals surface area contributed by atoms with Crippen LogP contribution in [0.4, 0.5) is 0 Å². The highest BCUT2D eigenvalue weighted by Gasteiger charge is 2.18. The molecule has 0 bridgehead atoms. The molecular weight excluding hydrogens is 367 g/mol. The minimum atomic E-state index is 0.227. The zero-order valence-corrected chi connectivity index (χ0v) is 13.2. The van der Waals surface area contributed by atoms with E-state index >= 15 is 0 Å². The zero-order chi connectivity index (χ0) is 13.0. The Hall–Kier alpha value is 0.0200. The van der Waals surface area contributed by atoms with E-state index in [4.69, 9.17) is 21.1 Å². The van der Waals surface area contributed by atoms with Gasteiger partial charge in [0.05, 0.1) is 22.0 Å². The Labute approximate surface area is 126 Å². The number of rotatable bonds is 4. The first kappa shape index (κ1) is 14.4. The predicted molar refractivity (Wildman–Crippen MR) is 77.8 cm³/mol. The standard InChI is InChI=1S/C12H16ClIN2O2/c1-17-7-9-11(14)12(13)16-10(15-9)6-8-4-2-3-5-18-8/h8H,2-7H2,1H3. The Bertz CT molecular complexity index is 411. The third-order valence-electron chi connectivity index (χ3n) is 2.89. The second-order valence-electron chi connectivity index (χ2n) is 4.32. The first-order valence-electron chi connectivity index (χ1n) is 6.02. The summed E-state index contributed by atoms with van der Waals surface area (Å²) in [6, 6.07) is 0. The van der Waals surface area contributed by atoms with Gasteiger partial charge in [-0.25, -0.2) is 9.97 Å². The molecule has 0 radical (unpaired) electrons. The molecule has 1 aromatic rings. The van der Waals surface area contributed by atoms with Gasteiger partial charge in [-0.05, 0) is 41.9 Å². The van der Waals surface area contributed by atoms with E-state index in [2.05, 4.69) is 32.6 Å². The van der Waals surface area contributed by atoms with Crippen molar-refractivity contribution in [2.45, 2.75) is 38.4 Å². The summed E-state index contributed by atoms with van der Waals surface area (Å²) < 4.78 is 11.7. The number of nitrogens with zero attached hydrogens (tertiary/aromatic N) is 2. The van der Waals surface area contributed by atoms with E-state index in [0.29, 0.717) is 11.8 Å². The van der Waals surface area contributed by atoms with Crippen LogP contribution in [0.3, 0.4) is 0 Å². The van der Waals surface area contributed by atoms with Crippen LogP contribution >= 0.6 is 34.2 Å². The van der Waals surface area contributed by atoms with Crippen LogP contribution in [0, 0.1) is 3.57 Å². The molecule has 2 heterocycles. The fraction of sp³-hybridized carbons (Fsp3) is 0.667. The van der Waals surface area contributed by atoms with Crippen LogP contribution < -0.4 is 0 Å². The number of aromatic nitrogens is 2. The summed E-state index contributed by atoms with van der Waals surface area (Å²) in [7, 11) is 1.65. The summed E-state index contributed by atoms with van der Waals surface area (Å²) in [6.45, 7) is 1.30. The molecule has 6 heteroatoms. The highest BCUT2D eigenvalue weighted by atomic mass is 127. The van der Waals surface area contributed by atoms with Crippen LogP contribution in [-0.2, 0) is 22.5 Å². The number of methoxy groups -OCH3 is 1. The Balaban J connectivity index is 2.11. The number of halogens is 2. The quantitative estimate of drug-likeness (QED) is 0.593. The molecule has 100 valence electrons. The van der Waals surface area contributed by atoms with Gasteiger partial charge in [0.15, 0.2) is 0 Å². The fourth-order valence-corrected chi connectivity index (χ4v) is 2.61. The first-order valence-corrected chi connectivity index (χ1v) is 7.47. The largest absolute Gasteiger partial charge is 0.378 e. The molecule has 1 aromatic heterocycles. The monoisotopic (exact) mass is 382 g/mol. The molecular formula is C12H16ClIN2O2. The Kier molecular flexibility index (Phi) is 5.59. The summed E-state index contributed by atoms with van der Waals surface area (Å²) in [5.41, 5.74) is 0.851. The van der Waals surface area contributed by atoms with Gasteiger partial charge in [-0.1, -0.05) is 11.6 Å². The molecule has 0 saturated carbocycles. The van der Waals surface area contributed by atoms with Gasteiger partial charge in [0.2, 0.25) is 0 Å². The molecule has 0 spiro atoms. The minimum Gasteiger partial charge on any atom is -0.378 e. The fourth-order valence-electron chi connectivity index (χ4n) is 2.01. The van der Waals surface area contributed by atoms with Crippen LogP contribution in [0.5, 0.6) is 0 Å². The van der Waals surface area contributed by atoms with Gasteiger partial charge >= 0.3 is 0 Å². The van der Waals surface area contributed by atoms with E-state index < -0.39 is 0 Å². The molecule has 4 nitrogen and oxygen atoms in total. The van der Waals surface area contributed by atoms with Crippen LogP contribution in [0.2, 0.25) is 5.15 Å². The van der Waals surface area contributed by atoms with Crippen LogP contribution in [0.25, 0.3) is 0 Å². The summed E-state index contributed by atoms with van der Waals surface area (Å²) in [4.78, 5) is 8.83. The van der Waals surface area contributed by atoms with E-state index in [1.807, 2.05) is 0 Å². The minimum absolute atomic E-state index is 0.227. The second-order valence-corrected chi connectivity index (χ2v) is 5.75. The second kappa shape index (κ2) is 6.98. The van der Waals surface area contributed by atoms with Crippen molar-refractivity contribution in [1.82, 2.24) is 9.97 Å². The molecule has 0 amide bonds. The zero-order valence-electron chi connectivity index (χ0n) is 10.3. The lowest BCUT2D eigenvalue weighted by atomic mass is 10.1. The lowest BCUT2D eigenvalue weighted by Gasteiger charge is -2.22. The van der Waals surface area contributed by atoms with Crippen molar-refractivity contribution in [3.8, 4) is 0 Å². The maximum atomic E-state index is 6.12. The van der Waals surface area contributed by atoms with Gasteiger partial charge in [-0.2, -0.15) is 0 Å². The maximum absolute atomic E-state index is 6.12. The molecule has 1 saturated heterocycles. The van der Waals surface area contributed by atoms with Crippen molar-refractivity contribution in [2.75, 3.05) is 13.7 Å². The highest BCUT2D eigenvalue weighted by molar-refractivity contribution is 14.1. The highest BCUT2D eigenvalue weighted by Crippen LogP contribution is 2.22. The van der Waals surface area contributed by atoms with Crippen molar-refractivity contribution in [3.05, 3.63) is 20.2 Å². The maximum Gasteiger partial charge on any atom is 0.146 e. The lowest BCUT2D eigenvalue weighted by Crippen LogP contribution is -2.23. The molecule has 0 aliphatic carbocycles. The molecule has 1 aliphatic rings. The van der Waals surface area contributed by atoms with Crippen molar-refractivity contribution in [1.29, 1.82) is 0 Å². The van der Waals surface area contributed by atoms with Crippen molar-refractivity contribution in [3.63, 3.8) is 0 Å². The topological polar surface area (TPSA) is 44.2 Å². The molecule has 18 heavy (non-hydrogen) atoms. The number of hydrogen-bond acceptors (Lipinski definition) is 4. The average molecular weight is 383 g/mol. The third kappa shape index (κ3) is 3.76. The van der Waals surface area contributed by atoms with Crippen LogP contribution in [0.15, 0.2) is 0 Å². The van der Waals surface area contributed by atoms with E-state index in [9.17, 15) is 0 Å². The summed E-state index contributed by atoms with van der Waals surface area (Å²) in [6.07, 6.45) is 4.40. The van der Waals surface area contributed by atoms with Gasteiger partial charge in [0.25, 0.3) is 0 Å². The smallest absolute Gasteiger partial charge is 0.146 e. The normalized spacial score (nSPS) is 20.1. The SMILES string of the molecule is COCc1nc(CC2CCCCO2)nc(Cl)c1I. The van der Waals surface area contributed by atoms with Crippen molar-refractivity contribution >= 4 is 34.2 Å². The van der Waals surface area contributed by atoms with E-state index in [-0.39, 0.29) is 6.10 Å². The molecule has 0 aromatic carbocycles. The van der Waals surface area contributed by atoms with Gasteiger partial charge in [0.1, 0.15) is 11.0 Å². The lowest BCUT2D eigenvalue weighted by molar-refractivity contribution is 0.0155. The van der Waals surface area contributed by atoms with Gasteiger partial charge < -0.3 is 9.47 Å². The third-order valence-corrected chi connectivity index (χ3v) is 4.62. The summed E-state index contributed by atoms with van der Waals surface area (Å²) in [5, 5.41) is 0.503. The summed E-state index contributed by atoms with van der Waals surface area (Å²) in [5.74, 6) is 0.749. The Morgan fingerprint density at radius 1 is 1.44 bits per heavy atom. The predicted octanol–water partition coefficient (Wildman–Crippen LogP) is 2.99. The molecule has 1 atom stereocenters. The van der Waals surface area contributed by atoms with Crippen molar-refractivity contribution < 1.29 is 9.47 Å². The molecule has 1 fully saturated rings. The Morgan fingerprint density at radius 2 is 2.28 bits per heavy atom. The average Bonchev–Trinajstić information content (AvgIpc) is 2.37. The molecule has 1 unspecified atom stereocenters. The Morgan fingerprint density at radius 3 is 2.94 bits per heavy atom. The van der Waals surface area contributed by atoms with Gasteiger partial charge in [0, 0.05) is 20.1 Å². The van der Waals surface area contributed by atoms with Gasteiger partial charge in [-0.3, -0.25) is 0 Å². The molecule has 0 N–H and O–H groups in total. The van der Waals surface area contributed by atoms with Crippen LogP contribution in [-0.4, -0.2) is 29.8 Å². The first-order chi connectivity index (χ1) is 8.70. The molecule has 1 aliphatic heterocycles. The van der Waals surface area contributed by atoms with E-state index in [0.717, 1.165) is 41.0 Å². The van der Waals surface area contributed by atoms with E-state index in [1.54, 1.807) is 7.11 Å². The van der Waals surface area contributed by atoms with E-state index in [1.165, 1.54) is 6.42 Å². The number of ether oxygens (including phenoxy) is 2. The van der Waals surface area contributed by atoms with Crippen molar-refractivity contribution in [2.24, 2.45) is 0 Å². The number of hydrogen-bond donors (Lipinski definition) is 0. The summed E-state index contributed by atoms with van der Waals surface area (Å²) >= 11 is 8.26. The molecule has 2 rings (SSSR count). The van der Waals surface area contributed by atoms with Gasteiger partial charge in [-0.15, -0.1) is 0 Å². The van der Waals surface area contributed by atoms with Crippen LogP contribution in [0.1, 0.15) is 30.8 Å².